The summed E-state index contributed by atoms with van der Waals surface area (Å²) in [6.45, 7) is 8.27. The van der Waals surface area contributed by atoms with E-state index in [9.17, 15) is 14.4 Å². The molecule has 2 heterocycles. The Bertz CT molecular complexity index is 527. The minimum Gasteiger partial charge on any atom is -0.453 e. The molecule has 148 valence electrons. The zero-order chi connectivity index (χ0) is 19.3. The van der Waals surface area contributed by atoms with E-state index >= 15 is 0 Å². The first-order valence-corrected chi connectivity index (χ1v) is 9.45. The highest BCUT2D eigenvalue weighted by Crippen LogP contribution is 2.34. The molecule has 0 aromatic rings. The highest BCUT2D eigenvalue weighted by molar-refractivity contribution is 5.85. The van der Waals surface area contributed by atoms with Gasteiger partial charge >= 0.3 is 12.2 Å². The lowest BCUT2D eigenvalue weighted by Crippen LogP contribution is -2.53. The summed E-state index contributed by atoms with van der Waals surface area (Å²) in [5.74, 6) is 0.341. The Labute approximate surface area is 155 Å². The van der Waals surface area contributed by atoms with Gasteiger partial charge in [-0.15, -0.1) is 0 Å². The second-order valence-corrected chi connectivity index (χ2v) is 7.30. The number of carbonyl (C=O) groups is 3. The van der Waals surface area contributed by atoms with Crippen molar-refractivity contribution < 1.29 is 23.9 Å². The van der Waals surface area contributed by atoms with Crippen LogP contribution in [-0.4, -0.2) is 72.8 Å². The van der Waals surface area contributed by atoms with Gasteiger partial charge in [0.1, 0.15) is 11.6 Å². The number of likely N-dealkylation sites (tertiary alicyclic amines) is 1. The number of hydrogen-bond acceptors (Lipinski definition) is 5. The smallest absolute Gasteiger partial charge is 0.410 e. The third-order valence-corrected chi connectivity index (χ3v) is 5.55. The molecule has 2 aliphatic rings. The molecule has 0 aromatic carbocycles. The highest BCUT2D eigenvalue weighted by Gasteiger charge is 2.47. The van der Waals surface area contributed by atoms with E-state index in [1.807, 2.05) is 4.90 Å². The van der Waals surface area contributed by atoms with Crippen molar-refractivity contribution in [3.8, 4) is 0 Å². The van der Waals surface area contributed by atoms with Crippen LogP contribution in [0.1, 0.15) is 46.5 Å². The van der Waals surface area contributed by atoms with E-state index in [0.29, 0.717) is 38.4 Å². The molecule has 0 aromatic heterocycles. The summed E-state index contributed by atoms with van der Waals surface area (Å²) in [6, 6.07) is -0.644. The lowest BCUT2D eigenvalue weighted by atomic mass is 9.90. The normalized spacial score (nSPS) is 20.3. The molecule has 2 aliphatic heterocycles. The van der Waals surface area contributed by atoms with Gasteiger partial charge < -0.3 is 24.6 Å². The molecule has 0 bridgehead atoms. The van der Waals surface area contributed by atoms with E-state index < -0.39 is 17.7 Å². The molecule has 2 rings (SSSR count). The maximum Gasteiger partial charge on any atom is 0.410 e. The van der Waals surface area contributed by atoms with Gasteiger partial charge in [0.25, 0.3) is 0 Å². The average Bonchev–Trinajstić information content (AvgIpc) is 2.94. The minimum absolute atomic E-state index is 0.150. The number of ether oxygens (including phenoxy) is 2. The van der Waals surface area contributed by atoms with Crippen LogP contribution in [0.15, 0.2) is 0 Å². The van der Waals surface area contributed by atoms with Crippen LogP contribution in [0.25, 0.3) is 0 Å². The van der Waals surface area contributed by atoms with Crippen LogP contribution < -0.4 is 5.32 Å². The fraction of sp³-hybridized carbons (Fsp3) is 0.833. The largest absolute Gasteiger partial charge is 0.453 e. The van der Waals surface area contributed by atoms with Crippen LogP contribution >= 0.6 is 0 Å². The van der Waals surface area contributed by atoms with Crippen molar-refractivity contribution in [2.75, 3.05) is 33.3 Å². The third-order valence-electron chi connectivity index (χ3n) is 5.55. The number of nitrogens with one attached hydrogen (secondary N) is 1. The molecule has 8 nitrogen and oxygen atoms in total. The minimum atomic E-state index is -0.644. The van der Waals surface area contributed by atoms with Gasteiger partial charge in [-0.25, -0.2) is 9.59 Å². The second kappa shape index (κ2) is 8.60. The summed E-state index contributed by atoms with van der Waals surface area (Å²) in [4.78, 5) is 39.5. The van der Waals surface area contributed by atoms with Crippen molar-refractivity contribution in [3.63, 3.8) is 0 Å². The lowest BCUT2D eigenvalue weighted by Gasteiger charge is -2.38. The quantitative estimate of drug-likeness (QED) is 0.773. The molecule has 26 heavy (non-hydrogen) atoms. The molecule has 1 N–H and O–H groups in total. The summed E-state index contributed by atoms with van der Waals surface area (Å²) in [5, 5.41) is 2.49. The van der Waals surface area contributed by atoms with Gasteiger partial charge in [-0.1, -0.05) is 26.7 Å². The molecule has 1 spiro atoms. The predicted octanol–water partition coefficient (Wildman–Crippen LogP) is 1.98. The average molecular weight is 369 g/mol. The highest BCUT2D eigenvalue weighted by atomic mass is 16.6. The van der Waals surface area contributed by atoms with Gasteiger partial charge in [-0.3, -0.25) is 4.79 Å². The molecular formula is C18H31N3O5. The van der Waals surface area contributed by atoms with Crippen LogP contribution in [0.3, 0.4) is 0 Å². The Hall–Kier alpha value is -1.99. The van der Waals surface area contributed by atoms with Gasteiger partial charge in [-0.05, 0) is 12.8 Å². The van der Waals surface area contributed by atoms with E-state index in [4.69, 9.17) is 4.74 Å². The Morgan fingerprint density at radius 1 is 1.27 bits per heavy atom. The number of piperidine rings is 1. The summed E-state index contributed by atoms with van der Waals surface area (Å²) in [7, 11) is 1.26. The lowest BCUT2D eigenvalue weighted by molar-refractivity contribution is -0.136. The first kappa shape index (κ1) is 20.3. The predicted molar refractivity (Wildman–Crippen MR) is 95.7 cm³/mol. The van der Waals surface area contributed by atoms with E-state index in [0.717, 1.165) is 19.4 Å². The number of methoxy groups -OCH3 is 1. The van der Waals surface area contributed by atoms with Crippen molar-refractivity contribution in [1.82, 2.24) is 15.1 Å². The van der Waals surface area contributed by atoms with Crippen LogP contribution in [0.5, 0.6) is 0 Å². The number of nitrogens with zero attached hydrogens (tertiary/aromatic N) is 2. The van der Waals surface area contributed by atoms with Gasteiger partial charge in [0.05, 0.1) is 13.7 Å². The van der Waals surface area contributed by atoms with Crippen LogP contribution in [0, 0.1) is 5.92 Å². The first-order chi connectivity index (χ1) is 12.3. The van der Waals surface area contributed by atoms with Crippen molar-refractivity contribution >= 4 is 18.1 Å². The molecule has 0 aliphatic carbocycles. The van der Waals surface area contributed by atoms with E-state index in [-0.39, 0.29) is 12.0 Å². The zero-order valence-corrected chi connectivity index (χ0v) is 16.2. The third kappa shape index (κ3) is 4.59. The number of alkyl carbamates (subject to hydrolysis) is 1. The molecule has 3 amide bonds. The second-order valence-electron chi connectivity index (χ2n) is 7.30. The van der Waals surface area contributed by atoms with Gasteiger partial charge in [0.2, 0.25) is 5.91 Å². The number of amides is 3. The Kier molecular flexibility index (Phi) is 6.72. The summed E-state index contributed by atoms with van der Waals surface area (Å²) < 4.78 is 10.2. The van der Waals surface area contributed by atoms with Crippen LogP contribution in [0.4, 0.5) is 9.59 Å². The van der Waals surface area contributed by atoms with Crippen molar-refractivity contribution in [3.05, 3.63) is 0 Å². The zero-order valence-electron chi connectivity index (χ0n) is 16.2. The molecule has 1 unspecified atom stereocenters. The Morgan fingerprint density at radius 3 is 2.42 bits per heavy atom. The van der Waals surface area contributed by atoms with Crippen LogP contribution in [-0.2, 0) is 14.3 Å². The fourth-order valence-electron chi connectivity index (χ4n) is 3.66. The molecule has 1 atom stereocenters. The summed E-state index contributed by atoms with van der Waals surface area (Å²) >= 11 is 0. The van der Waals surface area contributed by atoms with Crippen LogP contribution in [0.2, 0.25) is 0 Å². The molecular weight excluding hydrogens is 338 g/mol. The van der Waals surface area contributed by atoms with E-state index in [1.165, 1.54) is 7.11 Å². The van der Waals surface area contributed by atoms with Gasteiger partial charge in [0.15, 0.2) is 0 Å². The summed E-state index contributed by atoms with van der Waals surface area (Å²) in [6.07, 6.45) is 2.46. The maximum atomic E-state index is 12.4. The van der Waals surface area contributed by atoms with Gasteiger partial charge in [0, 0.05) is 32.5 Å². The topological polar surface area (TPSA) is 88.2 Å². The molecule has 8 heteroatoms. The maximum absolute atomic E-state index is 12.4. The fourth-order valence-corrected chi connectivity index (χ4v) is 3.66. The Balaban J connectivity index is 1.88. The number of rotatable bonds is 6. The molecule has 2 fully saturated rings. The molecule has 2 saturated heterocycles. The standard InChI is InChI=1S/C18H31N3O5/c1-5-14(6-2)11-21-12-18(26-17(21)24)7-9-20(10-8-18)15(22)13(3)19-16(23)25-4/h13-14H,5-12H2,1-4H3,(H,19,23). The summed E-state index contributed by atoms with van der Waals surface area (Å²) in [5.41, 5.74) is -0.487. The first-order valence-electron chi connectivity index (χ1n) is 9.45. The molecule has 0 saturated carbocycles. The number of carbonyl (C=O) groups excluding carboxylic acids is 3. The van der Waals surface area contributed by atoms with Crippen molar-refractivity contribution in [1.29, 1.82) is 0 Å². The number of hydrogen-bond donors (Lipinski definition) is 1. The van der Waals surface area contributed by atoms with Gasteiger partial charge in [-0.2, -0.15) is 0 Å². The monoisotopic (exact) mass is 369 g/mol. The molecule has 0 radical (unpaired) electrons. The SMILES string of the molecule is CCC(CC)CN1CC2(CCN(C(=O)C(C)NC(=O)OC)CC2)OC1=O. The van der Waals surface area contributed by atoms with E-state index in [1.54, 1.807) is 11.8 Å². The van der Waals surface area contributed by atoms with E-state index in [2.05, 4.69) is 23.9 Å². The van der Waals surface area contributed by atoms with Crippen molar-refractivity contribution in [2.45, 2.75) is 58.1 Å². The van der Waals surface area contributed by atoms with Crippen molar-refractivity contribution in [2.24, 2.45) is 5.92 Å². The Morgan fingerprint density at radius 2 is 1.88 bits per heavy atom.